The Hall–Kier alpha value is -2.54. The zero-order valence-electron chi connectivity index (χ0n) is 10.4. The lowest BCUT2D eigenvalue weighted by molar-refractivity contribution is 0.0946. The first kappa shape index (κ1) is 13.9. The first-order chi connectivity index (χ1) is 9.63. The highest BCUT2D eigenvalue weighted by Gasteiger charge is 2.15. The molecule has 4 N–H and O–H groups in total. The van der Waals surface area contributed by atoms with E-state index in [0.29, 0.717) is 5.56 Å². The maximum absolute atomic E-state index is 13.8. The number of hydrogen-bond acceptors (Lipinski definition) is 4. The molecule has 20 heavy (non-hydrogen) atoms. The van der Waals surface area contributed by atoms with Crippen molar-refractivity contribution in [2.75, 3.05) is 5.43 Å². The second-order valence-corrected chi connectivity index (χ2v) is 3.94. The summed E-state index contributed by atoms with van der Waals surface area (Å²) in [4.78, 5) is 15.5. The molecule has 104 valence electrons. The number of carbonyl (C=O) groups excluding carboxylic acids is 1. The highest BCUT2D eigenvalue weighted by molar-refractivity contribution is 5.95. The zero-order valence-corrected chi connectivity index (χ0v) is 10.4. The van der Waals surface area contributed by atoms with Crippen LogP contribution in [0.25, 0.3) is 0 Å². The Balaban J connectivity index is 2.12. The molecule has 0 bridgehead atoms. The summed E-state index contributed by atoms with van der Waals surface area (Å²) in [5.74, 6) is 2.86. The maximum Gasteiger partial charge on any atom is 0.254 e. The lowest BCUT2D eigenvalue weighted by Gasteiger charge is -2.08. The Bertz CT molecular complexity index is 634. The molecule has 1 aromatic carbocycles. The number of nitrogens with two attached hydrogens (primary N) is 1. The van der Waals surface area contributed by atoms with E-state index in [-0.39, 0.29) is 17.9 Å². The Labute approximate surface area is 113 Å². The summed E-state index contributed by atoms with van der Waals surface area (Å²) in [7, 11) is 0. The number of hydrogen-bond donors (Lipinski definition) is 3. The summed E-state index contributed by atoms with van der Waals surface area (Å²) >= 11 is 0. The van der Waals surface area contributed by atoms with Gasteiger partial charge in [-0.1, -0.05) is 18.2 Å². The van der Waals surface area contributed by atoms with Crippen molar-refractivity contribution in [1.29, 1.82) is 0 Å². The lowest BCUT2D eigenvalue weighted by atomic mass is 10.2. The van der Waals surface area contributed by atoms with E-state index in [1.165, 1.54) is 24.4 Å². The van der Waals surface area contributed by atoms with E-state index in [0.717, 1.165) is 0 Å². The van der Waals surface area contributed by atoms with Crippen LogP contribution in [0.3, 0.4) is 0 Å². The molecule has 0 aliphatic carbocycles. The van der Waals surface area contributed by atoms with Gasteiger partial charge in [-0.15, -0.1) is 0 Å². The number of aromatic nitrogens is 1. The molecular weight excluding hydrogens is 266 g/mol. The summed E-state index contributed by atoms with van der Waals surface area (Å²) < 4.78 is 27.2. The van der Waals surface area contributed by atoms with Gasteiger partial charge in [0.1, 0.15) is 5.82 Å². The molecule has 0 aliphatic heterocycles. The maximum atomic E-state index is 13.8. The SMILES string of the molecule is NNc1nccc(C(=O)NCc2ccccc2F)c1F. The molecule has 0 saturated heterocycles. The minimum Gasteiger partial charge on any atom is -0.348 e. The number of hydrazine groups is 1. The molecule has 0 fully saturated rings. The van der Waals surface area contributed by atoms with Crippen LogP contribution in [0.2, 0.25) is 0 Å². The summed E-state index contributed by atoms with van der Waals surface area (Å²) in [5.41, 5.74) is 2.14. The summed E-state index contributed by atoms with van der Waals surface area (Å²) in [6, 6.07) is 7.22. The number of benzene rings is 1. The number of halogens is 2. The minimum absolute atomic E-state index is 0.0430. The third-order valence-electron chi connectivity index (χ3n) is 2.67. The standard InChI is InChI=1S/C13H12F2N4O/c14-10-4-2-1-3-8(10)7-18-13(20)9-5-6-17-12(19-16)11(9)15/h1-6H,7,16H2,(H,17,19)(H,18,20). The van der Waals surface area contributed by atoms with E-state index >= 15 is 0 Å². The second kappa shape index (κ2) is 6.07. The van der Waals surface area contributed by atoms with E-state index in [4.69, 9.17) is 5.84 Å². The number of nitrogens with one attached hydrogen (secondary N) is 2. The van der Waals surface area contributed by atoms with Gasteiger partial charge in [0.05, 0.1) is 5.56 Å². The van der Waals surface area contributed by atoms with Gasteiger partial charge in [0.25, 0.3) is 5.91 Å². The highest BCUT2D eigenvalue weighted by Crippen LogP contribution is 2.14. The summed E-state index contributed by atoms with van der Waals surface area (Å²) in [5, 5.41) is 2.43. The molecule has 1 aromatic heterocycles. The molecule has 1 amide bonds. The van der Waals surface area contributed by atoms with Gasteiger partial charge < -0.3 is 10.7 Å². The van der Waals surface area contributed by atoms with Crippen LogP contribution >= 0.6 is 0 Å². The largest absolute Gasteiger partial charge is 0.348 e. The third kappa shape index (κ3) is 2.89. The number of nitrogen functional groups attached to an aromatic ring is 1. The third-order valence-corrected chi connectivity index (χ3v) is 2.67. The molecule has 7 heteroatoms. The van der Waals surface area contributed by atoms with E-state index in [2.05, 4.69) is 10.3 Å². The summed E-state index contributed by atoms with van der Waals surface area (Å²) in [6.07, 6.45) is 1.25. The van der Waals surface area contributed by atoms with Crippen molar-refractivity contribution in [2.45, 2.75) is 6.54 Å². The molecule has 0 saturated carbocycles. The van der Waals surface area contributed by atoms with Crippen molar-refractivity contribution in [2.24, 2.45) is 5.84 Å². The van der Waals surface area contributed by atoms with E-state index in [9.17, 15) is 13.6 Å². The average molecular weight is 278 g/mol. The molecule has 2 rings (SSSR count). The molecule has 0 atom stereocenters. The van der Waals surface area contributed by atoms with Crippen molar-refractivity contribution in [3.05, 3.63) is 59.3 Å². The normalized spacial score (nSPS) is 10.2. The van der Waals surface area contributed by atoms with E-state index in [1.54, 1.807) is 12.1 Å². The number of anilines is 1. The van der Waals surface area contributed by atoms with Crippen molar-refractivity contribution in [3.8, 4) is 0 Å². The van der Waals surface area contributed by atoms with Crippen molar-refractivity contribution >= 4 is 11.7 Å². The second-order valence-electron chi connectivity index (χ2n) is 3.94. The Morgan fingerprint density at radius 3 is 2.70 bits per heavy atom. The first-order valence-electron chi connectivity index (χ1n) is 5.76. The van der Waals surface area contributed by atoms with Crippen LogP contribution < -0.4 is 16.6 Å². The fourth-order valence-corrected chi connectivity index (χ4v) is 1.63. The summed E-state index contributed by atoms with van der Waals surface area (Å²) in [6.45, 7) is -0.0430. The monoisotopic (exact) mass is 278 g/mol. The fraction of sp³-hybridized carbons (Fsp3) is 0.0769. The van der Waals surface area contributed by atoms with Crippen LogP contribution in [0.1, 0.15) is 15.9 Å². The van der Waals surface area contributed by atoms with Crippen LogP contribution in [-0.2, 0) is 6.54 Å². The molecule has 5 nitrogen and oxygen atoms in total. The van der Waals surface area contributed by atoms with Gasteiger partial charge in [0.2, 0.25) is 0 Å². The molecule has 2 aromatic rings. The number of nitrogens with zero attached hydrogens (tertiary/aromatic N) is 1. The number of pyridine rings is 1. The highest BCUT2D eigenvalue weighted by atomic mass is 19.1. The molecule has 0 unspecified atom stereocenters. The van der Waals surface area contributed by atoms with Gasteiger partial charge in [0, 0.05) is 18.3 Å². The predicted octanol–water partition coefficient (Wildman–Crippen LogP) is 1.58. The van der Waals surface area contributed by atoms with Gasteiger partial charge in [-0.3, -0.25) is 4.79 Å². The van der Waals surface area contributed by atoms with Crippen LogP contribution in [0, 0.1) is 11.6 Å². The average Bonchev–Trinajstić information content (AvgIpc) is 2.46. The number of amides is 1. The van der Waals surface area contributed by atoms with E-state index < -0.39 is 17.5 Å². The molecular formula is C13H12F2N4O. The van der Waals surface area contributed by atoms with Gasteiger partial charge in [-0.25, -0.2) is 19.6 Å². The first-order valence-corrected chi connectivity index (χ1v) is 5.76. The Morgan fingerprint density at radius 2 is 2.00 bits per heavy atom. The molecule has 0 spiro atoms. The number of carbonyl (C=O) groups is 1. The Kier molecular flexibility index (Phi) is 4.21. The van der Waals surface area contributed by atoms with Gasteiger partial charge >= 0.3 is 0 Å². The molecule has 0 radical (unpaired) electrons. The van der Waals surface area contributed by atoms with Crippen LogP contribution in [-0.4, -0.2) is 10.9 Å². The Morgan fingerprint density at radius 1 is 1.25 bits per heavy atom. The molecule has 0 aliphatic rings. The van der Waals surface area contributed by atoms with Crippen LogP contribution in [0.5, 0.6) is 0 Å². The quantitative estimate of drug-likeness (QED) is 0.586. The smallest absolute Gasteiger partial charge is 0.254 e. The lowest BCUT2D eigenvalue weighted by Crippen LogP contribution is -2.25. The topological polar surface area (TPSA) is 80.0 Å². The molecule has 1 heterocycles. The minimum atomic E-state index is -0.860. The van der Waals surface area contributed by atoms with Crippen molar-refractivity contribution in [3.63, 3.8) is 0 Å². The van der Waals surface area contributed by atoms with Crippen LogP contribution in [0.15, 0.2) is 36.5 Å². The number of rotatable bonds is 4. The van der Waals surface area contributed by atoms with Crippen molar-refractivity contribution < 1.29 is 13.6 Å². The van der Waals surface area contributed by atoms with Gasteiger partial charge in [-0.2, -0.15) is 0 Å². The fourth-order valence-electron chi connectivity index (χ4n) is 1.63. The van der Waals surface area contributed by atoms with Crippen LogP contribution in [0.4, 0.5) is 14.6 Å². The predicted molar refractivity (Wildman–Crippen MR) is 69.6 cm³/mol. The van der Waals surface area contributed by atoms with Gasteiger partial charge in [-0.05, 0) is 12.1 Å². The van der Waals surface area contributed by atoms with Crippen molar-refractivity contribution in [1.82, 2.24) is 10.3 Å². The zero-order chi connectivity index (χ0) is 14.5. The van der Waals surface area contributed by atoms with Gasteiger partial charge in [0.15, 0.2) is 11.6 Å². The van der Waals surface area contributed by atoms with E-state index in [1.807, 2.05) is 5.43 Å².